The normalized spacial score (nSPS) is 11.7. The van der Waals surface area contributed by atoms with Crippen molar-refractivity contribution < 1.29 is 19.5 Å². The van der Waals surface area contributed by atoms with Crippen LogP contribution in [0.5, 0.6) is 0 Å². The van der Waals surface area contributed by atoms with Crippen molar-refractivity contribution in [1.29, 1.82) is 0 Å². The van der Waals surface area contributed by atoms with E-state index in [1.54, 1.807) is 12.1 Å². The fraction of sp³-hybridized carbons (Fsp3) is 0.625. The number of Topliss-reactive ketones (excluding diaryl/α,β-unsaturated/α-hetero) is 1. The summed E-state index contributed by atoms with van der Waals surface area (Å²) in [5.74, 6) is -1.94. The van der Waals surface area contributed by atoms with Gasteiger partial charge in [-0.05, 0) is 37.6 Å². The summed E-state index contributed by atoms with van der Waals surface area (Å²) in [5, 5.41) is 14.7. The minimum atomic E-state index is -1.12. The third-order valence-electron chi connectivity index (χ3n) is 5.18. The van der Waals surface area contributed by atoms with Crippen LogP contribution in [-0.4, -0.2) is 35.4 Å². The quantitative estimate of drug-likeness (QED) is 0.303. The molecule has 1 atom stereocenters. The minimum absolute atomic E-state index is 0.375. The molecular formula is C24H38N2O4. The lowest BCUT2D eigenvalue weighted by Crippen LogP contribution is -2.41. The van der Waals surface area contributed by atoms with Crippen molar-refractivity contribution in [2.24, 2.45) is 0 Å². The van der Waals surface area contributed by atoms with Gasteiger partial charge in [0.25, 0.3) is 5.91 Å². The van der Waals surface area contributed by atoms with Gasteiger partial charge in [0.05, 0.1) is 12.5 Å². The van der Waals surface area contributed by atoms with Crippen LogP contribution in [0, 0.1) is 0 Å². The number of benzene rings is 1. The minimum Gasteiger partial charge on any atom is -0.481 e. The number of aliphatic carboxylic acids is 1. The van der Waals surface area contributed by atoms with E-state index in [9.17, 15) is 14.4 Å². The number of anilines is 1. The summed E-state index contributed by atoms with van der Waals surface area (Å²) in [6.45, 7) is 4.41. The topological polar surface area (TPSA) is 95.5 Å². The summed E-state index contributed by atoms with van der Waals surface area (Å²) in [7, 11) is 0. The Morgan fingerprint density at radius 1 is 0.867 bits per heavy atom. The van der Waals surface area contributed by atoms with Crippen LogP contribution in [0.1, 0.15) is 94.8 Å². The Morgan fingerprint density at radius 3 is 1.90 bits per heavy atom. The highest BCUT2D eigenvalue weighted by Gasteiger charge is 2.20. The fourth-order valence-electron chi connectivity index (χ4n) is 3.30. The van der Waals surface area contributed by atoms with E-state index in [0.717, 1.165) is 18.7 Å². The van der Waals surface area contributed by atoms with Gasteiger partial charge in [-0.25, -0.2) is 0 Å². The fourth-order valence-corrected chi connectivity index (χ4v) is 3.30. The first-order chi connectivity index (χ1) is 14.4. The molecule has 6 nitrogen and oxygen atoms in total. The highest BCUT2D eigenvalue weighted by atomic mass is 16.4. The third kappa shape index (κ3) is 11.6. The van der Waals surface area contributed by atoms with Crippen LogP contribution in [0.2, 0.25) is 0 Å². The molecule has 1 aromatic carbocycles. The molecule has 3 N–H and O–H groups in total. The molecule has 0 heterocycles. The van der Waals surface area contributed by atoms with E-state index in [0.29, 0.717) is 5.56 Å². The Labute approximate surface area is 180 Å². The van der Waals surface area contributed by atoms with E-state index in [1.165, 1.54) is 64.7 Å². The molecule has 0 aliphatic rings. The molecule has 30 heavy (non-hydrogen) atoms. The first-order valence-electron chi connectivity index (χ1n) is 11.3. The van der Waals surface area contributed by atoms with E-state index >= 15 is 0 Å². The summed E-state index contributed by atoms with van der Waals surface area (Å²) >= 11 is 0. The number of nitrogens with one attached hydrogen (secondary N) is 2. The molecule has 6 heteroatoms. The number of carbonyl (C=O) groups excluding carboxylic acids is 2. The van der Waals surface area contributed by atoms with E-state index < -0.39 is 24.3 Å². The van der Waals surface area contributed by atoms with Crippen LogP contribution in [0.15, 0.2) is 24.3 Å². The number of rotatable bonds is 17. The van der Waals surface area contributed by atoms with Crippen molar-refractivity contribution in [2.75, 3.05) is 11.9 Å². The van der Waals surface area contributed by atoms with Gasteiger partial charge < -0.3 is 15.7 Å². The molecule has 1 unspecified atom stereocenters. The van der Waals surface area contributed by atoms with Gasteiger partial charge in [0.2, 0.25) is 0 Å². The average Bonchev–Trinajstić information content (AvgIpc) is 2.71. The lowest BCUT2D eigenvalue weighted by atomic mass is 10.1. The molecule has 0 saturated heterocycles. The largest absolute Gasteiger partial charge is 0.481 e. The maximum atomic E-state index is 12.2. The third-order valence-corrected chi connectivity index (χ3v) is 5.18. The molecule has 168 valence electrons. The van der Waals surface area contributed by atoms with Crippen molar-refractivity contribution in [3.63, 3.8) is 0 Å². The first kappa shape index (κ1) is 25.7. The van der Waals surface area contributed by atoms with Crippen molar-refractivity contribution in [1.82, 2.24) is 5.32 Å². The van der Waals surface area contributed by atoms with Crippen molar-refractivity contribution in [2.45, 2.75) is 90.5 Å². The van der Waals surface area contributed by atoms with Crippen LogP contribution >= 0.6 is 0 Å². The molecular weight excluding hydrogens is 380 g/mol. The van der Waals surface area contributed by atoms with Gasteiger partial charge in [-0.15, -0.1) is 0 Å². The number of amides is 1. The number of unbranched alkanes of at least 4 members (excludes halogenated alkanes) is 9. The Kier molecular flexibility index (Phi) is 13.2. The zero-order chi connectivity index (χ0) is 22.2. The second-order valence-corrected chi connectivity index (χ2v) is 7.92. The molecule has 0 aromatic heterocycles. The van der Waals surface area contributed by atoms with Gasteiger partial charge in [-0.1, -0.05) is 64.7 Å². The number of ketones is 1. The Bertz CT molecular complexity index is 643. The zero-order valence-corrected chi connectivity index (χ0v) is 18.5. The molecule has 0 saturated carbocycles. The predicted molar refractivity (Wildman–Crippen MR) is 121 cm³/mol. The van der Waals surface area contributed by atoms with E-state index in [-0.39, 0.29) is 5.78 Å². The highest BCUT2D eigenvalue weighted by molar-refractivity contribution is 5.98. The highest BCUT2D eigenvalue weighted by Crippen LogP contribution is 2.13. The standard InChI is InChI=1S/C24H38N2O4/c1-3-4-5-6-7-8-9-10-11-12-17-25-21-15-13-20(14-16-21)24(30)26-22(19(2)27)18-23(28)29/h13-16,22,25H,3-12,17-18H2,1-2H3,(H,26,30)(H,28,29). The molecule has 0 fully saturated rings. The van der Waals surface area contributed by atoms with Crippen LogP contribution in [0.3, 0.4) is 0 Å². The first-order valence-corrected chi connectivity index (χ1v) is 11.3. The number of hydrogen-bond donors (Lipinski definition) is 3. The summed E-state index contributed by atoms with van der Waals surface area (Å²) < 4.78 is 0. The lowest BCUT2D eigenvalue weighted by Gasteiger charge is -2.14. The van der Waals surface area contributed by atoms with Gasteiger partial charge in [0, 0.05) is 17.8 Å². The summed E-state index contributed by atoms with van der Waals surface area (Å²) in [6, 6.07) is 5.99. The van der Waals surface area contributed by atoms with E-state index in [1.807, 2.05) is 12.1 Å². The van der Waals surface area contributed by atoms with Crippen LogP contribution in [0.4, 0.5) is 5.69 Å². The molecule has 1 aromatic rings. The van der Waals surface area contributed by atoms with Crippen LogP contribution < -0.4 is 10.6 Å². The maximum Gasteiger partial charge on any atom is 0.305 e. The van der Waals surface area contributed by atoms with Crippen molar-refractivity contribution in [3.8, 4) is 0 Å². The summed E-state index contributed by atoms with van der Waals surface area (Å²) in [4.78, 5) is 34.5. The smallest absolute Gasteiger partial charge is 0.305 e. The van der Waals surface area contributed by atoms with Gasteiger partial charge in [-0.3, -0.25) is 14.4 Å². The molecule has 1 amide bonds. The number of carboxylic acids is 1. The monoisotopic (exact) mass is 418 g/mol. The SMILES string of the molecule is CCCCCCCCCCCCNc1ccc(C(=O)NC(CC(=O)O)C(C)=O)cc1. The molecule has 0 aliphatic carbocycles. The number of hydrogen-bond acceptors (Lipinski definition) is 4. The molecule has 0 bridgehead atoms. The average molecular weight is 419 g/mol. The molecule has 0 spiro atoms. The van der Waals surface area contributed by atoms with Gasteiger partial charge in [0.1, 0.15) is 0 Å². The zero-order valence-electron chi connectivity index (χ0n) is 18.5. The van der Waals surface area contributed by atoms with Crippen LogP contribution in [-0.2, 0) is 9.59 Å². The molecule has 0 aliphatic heterocycles. The molecule has 1 rings (SSSR count). The maximum absolute atomic E-state index is 12.2. The number of carbonyl (C=O) groups is 3. The Morgan fingerprint density at radius 2 is 1.40 bits per heavy atom. The summed E-state index contributed by atoms with van der Waals surface area (Å²) in [6.07, 6.45) is 12.6. The van der Waals surface area contributed by atoms with Crippen LogP contribution in [0.25, 0.3) is 0 Å². The Hall–Kier alpha value is -2.37. The van der Waals surface area contributed by atoms with Gasteiger partial charge >= 0.3 is 5.97 Å². The van der Waals surface area contributed by atoms with Gasteiger partial charge in [0.15, 0.2) is 5.78 Å². The van der Waals surface area contributed by atoms with Crippen molar-refractivity contribution >= 4 is 23.3 Å². The number of carboxylic acid groups (broad SMARTS) is 1. The van der Waals surface area contributed by atoms with Crippen molar-refractivity contribution in [3.05, 3.63) is 29.8 Å². The summed E-state index contributed by atoms with van der Waals surface area (Å²) in [5.41, 5.74) is 1.34. The van der Waals surface area contributed by atoms with Gasteiger partial charge in [-0.2, -0.15) is 0 Å². The molecule has 0 radical (unpaired) electrons. The predicted octanol–water partition coefficient (Wildman–Crippen LogP) is 5.18. The lowest BCUT2D eigenvalue weighted by molar-refractivity contribution is -0.139. The van der Waals surface area contributed by atoms with E-state index in [4.69, 9.17) is 5.11 Å². The Balaban J connectivity index is 2.22. The van der Waals surface area contributed by atoms with E-state index in [2.05, 4.69) is 17.6 Å². The second-order valence-electron chi connectivity index (χ2n) is 7.92. The second kappa shape index (κ2) is 15.5.